The molecule has 2 atom stereocenters. The van der Waals surface area contributed by atoms with E-state index in [0.717, 1.165) is 6.04 Å². The Kier molecular flexibility index (Phi) is 4.00. The molecule has 1 nitrogen and oxygen atoms in total. The van der Waals surface area contributed by atoms with Crippen molar-refractivity contribution in [1.82, 2.24) is 4.90 Å². The molecule has 0 saturated carbocycles. The maximum atomic E-state index is 2.54. The second-order valence-corrected chi connectivity index (χ2v) is 5.18. The summed E-state index contributed by atoms with van der Waals surface area (Å²) in [6.07, 6.45) is 5.48. The number of likely N-dealkylation sites (tertiary alicyclic amines) is 1. The molecule has 1 heteroatoms. The summed E-state index contributed by atoms with van der Waals surface area (Å²) in [5, 5.41) is 0. The van der Waals surface area contributed by atoms with E-state index < -0.39 is 0 Å². The van der Waals surface area contributed by atoms with Crippen LogP contribution in [-0.4, -0.2) is 24.5 Å². The first-order valence-corrected chi connectivity index (χ1v) is 6.52. The van der Waals surface area contributed by atoms with E-state index in [4.69, 9.17) is 0 Å². The van der Waals surface area contributed by atoms with Gasteiger partial charge in [0.05, 0.1) is 0 Å². The van der Waals surface area contributed by atoms with E-state index in [-0.39, 0.29) is 0 Å². The summed E-state index contributed by atoms with van der Waals surface area (Å²) in [6.45, 7) is 3.64. The number of piperidine rings is 1. The largest absolute Gasteiger partial charge is 0.303 e. The third-order valence-corrected chi connectivity index (χ3v) is 3.92. The van der Waals surface area contributed by atoms with Crippen LogP contribution in [0.25, 0.3) is 0 Å². The lowest BCUT2D eigenvalue weighted by Crippen LogP contribution is -2.36. The number of hydrogen-bond donors (Lipinski definition) is 0. The first-order valence-electron chi connectivity index (χ1n) is 6.52. The zero-order valence-corrected chi connectivity index (χ0v) is 10.5. The van der Waals surface area contributed by atoms with E-state index in [9.17, 15) is 0 Å². The van der Waals surface area contributed by atoms with Crippen LogP contribution in [0.1, 0.15) is 44.1 Å². The lowest BCUT2D eigenvalue weighted by molar-refractivity contribution is 0.170. The summed E-state index contributed by atoms with van der Waals surface area (Å²) in [5.74, 6) is 0.687. The van der Waals surface area contributed by atoms with Crippen molar-refractivity contribution in [3.05, 3.63) is 35.9 Å². The summed E-state index contributed by atoms with van der Waals surface area (Å²) in [6, 6.07) is 11.7. The Bertz CT molecular complexity index is 306. The van der Waals surface area contributed by atoms with Crippen molar-refractivity contribution >= 4 is 0 Å². The molecule has 0 aromatic heterocycles. The first kappa shape index (κ1) is 11.7. The Labute approximate surface area is 99.5 Å². The predicted molar refractivity (Wildman–Crippen MR) is 69.7 cm³/mol. The van der Waals surface area contributed by atoms with Gasteiger partial charge < -0.3 is 4.90 Å². The molecule has 1 aromatic carbocycles. The number of hydrogen-bond acceptors (Lipinski definition) is 1. The van der Waals surface area contributed by atoms with Crippen LogP contribution in [0.3, 0.4) is 0 Å². The van der Waals surface area contributed by atoms with Crippen molar-refractivity contribution in [2.45, 2.75) is 44.6 Å². The molecule has 1 aromatic rings. The molecular weight excluding hydrogens is 194 g/mol. The number of rotatable bonds is 3. The maximum absolute atomic E-state index is 2.54. The highest BCUT2D eigenvalue weighted by Gasteiger charge is 2.21. The summed E-state index contributed by atoms with van der Waals surface area (Å²) >= 11 is 0. The highest BCUT2D eigenvalue weighted by molar-refractivity contribution is 5.18. The van der Waals surface area contributed by atoms with Crippen LogP contribution in [0.5, 0.6) is 0 Å². The smallest absolute Gasteiger partial charge is 0.00979 e. The van der Waals surface area contributed by atoms with Crippen molar-refractivity contribution in [3.8, 4) is 0 Å². The van der Waals surface area contributed by atoms with E-state index >= 15 is 0 Å². The van der Waals surface area contributed by atoms with Crippen molar-refractivity contribution in [2.75, 3.05) is 13.6 Å². The molecule has 0 amide bonds. The van der Waals surface area contributed by atoms with Gasteiger partial charge >= 0.3 is 0 Å². The minimum absolute atomic E-state index is 0.687. The fourth-order valence-electron chi connectivity index (χ4n) is 2.77. The second-order valence-electron chi connectivity index (χ2n) is 5.18. The van der Waals surface area contributed by atoms with Crippen molar-refractivity contribution in [2.24, 2.45) is 0 Å². The first-order chi connectivity index (χ1) is 7.77. The van der Waals surface area contributed by atoms with Gasteiger partial charge in [-0.3, -0.25) is 0 Å². The zero-order chi connectivity index (χ0) is 11.4. The van der Waals surface area contributed by atoms with Gasteiger partial charge in [0.1, 0.15) is 0 Å². The number of nitrogens with zero attached hydrogens (tertiary/aromatic N) is 1. The Morgan fingerprint density at radius 3 is 2.69 bits per heavy atom. The van der Waals surface area contributed by atoms with E-state index in [2.05, 4.69) is 49.2 Å². The second kappa shape index (κ2) is 5.49. The van der Waals surface area contributed by atoms with E-state index in [1.54, 1.807) is 0 Å². The zero-order valence-electron chi connectivity index (χ0n) is 10.5. The van der Waals surface area contributed by atoms with Crippen molar-refractivity contribution in [1.29, 1.82) is 0 Å². The van der Waals surface area contributed by atoms with Crippen LogP contribution in [-0.2, 0) is 0 Å². The van der Waals surface area contributed by atoms with Gasteiger partial charge in [0.2, 0.25) is 0 Å². The van der Waals surface area contributed by atoms with Crippen LogP contribution in [0.15, 0.2) is 30.3 Å². The fourth-order valence-corrected chi connectivity index (χ4v) is 2.77. The van der Waals surface area contributed by atoms with Gasteiger partial charge in [-0.25, -0.2) is 0 Å². The Balaban J connectivity index is 1.94. The van der Waals surface area contributed by atoms with E-state index in [1.165, 1.54) is 37.8 Å². The normalized spacial score (nSPS) is 24.2. The van der Waals surface area contributed by atoms with E-state index in [1.807, 2.05) is 0 Å². The SMILES string of the molecule is C[C@H](C[C@H]1CCCCN1C)c1ccccc1. The predicted octanol–water partition coefficient (Wildman–Crippen LogP) is 3.66. The van der Waals surface area contributed by atoms with Gasteiger partial charge in [0, 0.05) is 6.04 Å². The van der Waals surface area contributed by atoms with Gasteiger partial charge in [-0.1, -0.05) is 43.7 Å². The molecule has 0 spiro atoms. The minimum Gasteiger partial charge on any atom is -0.303 e. The lowest BCUT2D eigenvalue weighted by atomic mass is 9.89. The molecule has 0 unspecified atom stereocenters. The molecular formula is C15H23N. The van der Waals surface area contributed by atoms with Gasteiger partial charge in [-0.2, -0.15) is 0 Å². The molecule has 0 aliphatic carbocycles. The van der Waals surface area contributed by atoms with Crippen LogP contribution in [0, 0.1) is 0 Å². The Morgan fingerprint density at radius 1 is 1.25 bits per heavy atom. The van der Waals surface area contributed by atoms with Crippen LogP contribution in [0.4, 0.5) is 0 Å². The quantitative estimate of drug-likeness (QED) is 0.747. The van der Waals surface area contributed by atoms with Gasteiger partial charge in [0.25, 0.3) is 0 Å². The molecule has 16 heavy (non-hydrogen) atoms. The molecule has 1 heterocycles. The van der Waals surface area contributed by atoms with Crippen LogP contribution < -0.4 is 0 Å². The summed E-state index contributed by atoms with van der Waals surface area (Å²) in [5.41, 5.74) is 1.49. The monoisotopic (exact) mass is 217 g/mol. The fraction of sp³-hybridized carbons (Fsp3) is 0.600. The number of benzene rings is 1. The average Bonchev–Trinajstić information content (AvgIpc) is 2.33. The molecule has 0 radical (unpaired) electrons. The topological polar surface area (TPSA) is 3.24 Å². The molecule has 2 rings (SSSR count). The Hall–Kier alpha value is -0.820. The molecule has 0 bridgehead atoms. The minimum atomic E-state index is 0.687. The van der Waals surface area contributed by atoms with Gasteiger partial charge in [-0.05, 0) is 44.3 Å². The molecule has 0 N–H and O–H groups in total. The Morgan fingerprint density at radius 2 is 2.00 bits per heavy atom. The van der Waals surface area contributed by atoms with E-state index in [0.29, 0.717) is 5.92 Å². The average molecular weight is 217 g/mol. The third-order valence-electron chi connectivity index (χ3n) is 3.92. The highest BCUT2D eigenvalue weighted by atomic mass is 15.1. The molecule has 1 aliphatic rings. The summed E-state index contributed by atoms with van der Waals surface area (Å²) in [7, 11) is 2.28. The molecule has 1 fully saturated rings. The molecule has 88 valence electrons. The standard InChI is InChI=1S/C15H23N/c1-13(14-8-4-3-5-9-14)12-15-10-6-7-11-16(15)2/h3-5,8-9,13,15H,6-7,10-12H2,1-2H3/t13-,15-/m1/s1. The highest BCUT2D eigenvalue weighted by Crippen LogP contribution is 2.26. The maximum Gasteiger partial charge on any atom is 0.00979 e. The van der Waals surface area contributed by atoms with Crippen LogP contribution in [0.2, 0.25) is 0 Å². The van der Waals surface area contributed by atoms with Crippen molar-refractivity contribution in [3.63, 3.8) is 0 Å². The summed E-state index contributed by atoms with van der Waals surface area (Å²) < 4.78 is 0. The van der Waals surface area contributed by atoms with Gasteiger partial charge in [-0.15, -0.1) is 0 Å². The molecule has 1 saturated heterocycles. The van der Waals surface area contributed by atoms with Gasteiger partial charge in [0.15, 0.2) is 0 Å². The molecule has 1 aliphatic heterocycles. The summed E-state index contributed by atoms with van der Waals surface area (Å²) in [4.78, 5) is 2.54. The van der Waals surface area contributed by atoms with Crippen LogP contribution >= 0.6 is 0 Å². The lowest BCUT2D eigenvalue weighted by Gasteiger charge is -2.34. The third kappa shape index (κ3) is 2.85. The van der Waals surface area contributed by atoms with Crippen molar-refractivity contribution < 1.29 is 0 Å².